The molecular weight excluding hydrogens is 309 g/mol. The predicted octanol–water partition coefficient (Wildman–Crippen LogP) is 3.31. The number of hydrogen-bond donors (Lipinski definition) is 1. The first kappa shape index (κ1) is 15.9. The molecule has 0 radical (unpaired) electrons. The molecule has 0 spiro atoms. The summed E-state index contributed by atoms with van der Waals surface area (Å²) in [5, 5.41) is 2.48. The number of nitrogens with zero attached hydrogens (tertiary/aromatic N) is 2. The molecule has 0 saturated heterocycles. The van der Waals surface area contributed by atoms with Crippen LogP contribution in [0, 0.1) is 11.6 Å². The van der Waals surface area contributed by atoms with Gasteiger partial charge in [-0.1, -0.05) is 18.2 Å². The van der Waals surface area contributed by atoms with Gasteiger partial charge in [-0.2, -0.15) is 18.2 Å². The van der Waals surface area contributed by atoms with Crippen LogP contribution in [0.2, 0.25) is 0 Å². The summed E-state index contributed by atoms with van der Waals surface area (Å²) in [6.07, 6.45) is -3.89. The van der Waals surface area contributed by atoms with E-state index >= 15 is 0 Å². The molecule has 0 bridgehead atoms. The van der Waals surface area contributed by atoms with Gasteiger partial charge in [0.2, 0.25) is 0 Å². The van der Waals surface area contributed by atoms with E-state index in [9.17, 15) is 22.0 Å². The molecule has 2 aromatic rings. The van der Waals surface area contributed by atoms with Crippen LogP contribution < -0.4 is 10.1 Å². The van der Waals surface area contributed by atoms with Crippen molar-refractivity contribution in [3.8, 4) is 6.01 Å². The lowest BCUT2D eigenvalue weighted by Gasteiger charge is -2.10. The molecule has 1 heterocycles. The molecule has 22 heavy (non-hydrogen) atoms. The average molecular weight is 319 g/mol. The summed E-state index contributed by atoms with van der Waals surface area (Å²) in [4.78, 5) is 6.77. The topological polar surface area (TPSA) is 47.0 Å². The molecule has 0 aliphatic carbocycles. The molecule has 1 aromatic heterocycles. The van der Waals surface area contributed by atoms with Crippen LogP contribution in [0.25, 0.3) is 0 Å². The van der Waals surface area contributed by atoms with E-state index in [2.05, 4.69) is 20.0 Å². The zero-order valence-electron chi connectivity index (χ0n) is 11.0. The average Bonchev–Trinajstić information content (AvgIpc) is 2.45. The van der Waals surface area contributed by atoms with Gasteiger partial charge in [0.25, 0.3) is 0 Å². The van der Waals surface area contributed by atoms with Crippen molar-refractivity contribution in [3.63, 3.8) is 0 Å². The first-order valence-corrected chi connectivity index (χ1v) is 6.04. The smallest absolute Gasteiger partial charge is 0.422 e. The van der Waals surface area contributed by atoms with Crippen LogP contribution in [0.1, 0.15) is 5.56 Å². The summed E-state index contributed by atoms with van der Waals surface area (Å²) in [5.41, 5.74) is 0.248. The molecule has 0 fully saturated rings. The van der Waals surface area contributed by atoms with Crippen molar-refractivity contribution in [1.29, 1.82) is 0 Å². The third-order valence-corrected chi connectivity index (χ3v) is 2.49. The van der Waals surface area contributed by atoms with Crippen molar-refractivity contribution in [1.82, 2.24) is 9.97 Å². The van der Waals surface area contributed by atoms with E-state index in [4.69, 9.17) is 0 Å². The minimum Gasteiger partial charge on any atom is -0.454 e. The number of hydrogen-bond acceptors (Lipinski definition) is 4. The van der Waals surface area contributed by atoms with Gasteiger partial charge in [0.05, 0.1) is 6.20 Å². The van der Waals surface area contributed by atoms with Gasteiger partial charge < -0.3 is 10.1 Å². The van der Waals surface area contributed by atoms with Crippen molar-refractivity contribution in [2.75, 3.05) is 11.9 Å². The number of nitrogens with one attached hydrogen (secondary N) is 1. The summed E-state index contributed by atoms with van der Waals surface area (Å²) < 4.78 is 67.3. The molecule has 0 aliphatic heterocycles. The minimum absolute atomic E-state index is 0.0979. The van der Waals surface area contributed by atoms with Crippen LogP contribution in [0.15, 0.2) is 30.5 Å². The number of ether oxygens (including phenoxy) is 1. The molecular formula is C13H10F5N3O. The van der Waals surface area contributed by atoms with E-state index in [1.165, 1.54) is 18.2 Å². The van der Waals surface area contributed by atoms with Gasteiger partial charge in [-0.05, 0) is 6.07 Å². The van der Waals surface area contributed by atoms with Crippen molar-refractivity contribution in [2.24, 2.45) is 0 Å². The molecule has 118 valence electrons. The molecule has 0 amide bonds. The number of halogens is 5. The molecule has 0 atom stereocenters. The number of benzene rings is 1. The molecule has 4 nitrogen and oxygen atoms in total. The molecule has 1 aromatic carbocycles. The normalized spacial score (nSPS) is 11.3. The maximum Gasteiger partial charge on any atom is 0.422 e. The number of rotatable bonds is 5. The van der Waals surface area contributed by atoms with Gasteiger partial charge in [-0.25, -0.2) is 13.8 Å². The quantitative estimate of drug-likeness (QED) is 0.859. The molecule has 0 aliphatic rings. The van der Waals surface area contributed by atoms with Gasteiger partial charge in [-0.3, -0.25) is 0 Å². The Kier molecular flexibility index (Phi) is 4.74. The van der Waals surface area contributed by atoms with Crippen LogP contribution in [0.4, 0.5) is 27.8 Å². The Balaban J connectivity index is 2.05. The van der Waals surface area contributed by atoms with Gasteiger partial charge in [0.15, 0.2) is 18.2 Å². The first-order chi connectivity index (χ1) is 10.3. The van der Waals surface area contributed by atoms with E-state index < -0.39 is 30.4 Å². The Morgan fingerprint density at radius 3 is 2.50 bits per heavy atom. The Bertz CT molecular complexity index is 648. The monoisotopic (exact) mass is 319 g/mol. The number of aromatic nitrogens is 2. The van der Waals surface area contributed by atoms with Gasteiger partial charge in [0.1, 0.15) is 5.82 Å². The number of alkyl halides is 3. The lowest BCUT2D eigenvalue weighted by molar-refractivity contribution is -0.154. The van der Waals surface area contributed by atoms with Crippen LogP contribution in [0.3, 0.4) is 0 Å². The van der Waals surface area contributed by atoms with Crippen molar-refractivity contribution >= 4 is 5.82 Å². The standard InChI is InChI=1S/C13H10F5N3O/c14-9-4-2-1-3-8(9)5-19-11-10(15)6-20-12(21-11)22-7-13(16,17)18/h1-4,6H,5,7H2,(H,19,20,21). The largest absolute Gasteiger partial charge is 0.454 e. The second-order valence-corrected chi connectivity index (χ2v) is 4.20. The summed E-state index contributed by atoms with van der Waals surface area (Å²) >= 11 is 0. The predicted molar refractivity (Wildman–Crippen MR) is 67.3 cm³/mol. The molecule has 9 heteroatoms. The van der Waals surface area contributed by atoms with Crippen molar-refractivity contribution < 1.29 is 26.7 Å². The molecule has 0 saturated carbocycles. The van der Waals surface area contributed by atoms with Crippen LogP contribution in [-0.4, -0.2) is 22.8 Å². The lowest BCUT2D eigenvalue weighted by Crippen LogP contribution is -2.20. The van der Waals surface area contributed by atoms with Gasteiger partial charge in [0, 0.05) is 12.1 Å². The number of anilines is 1. The zero-order valence-corrected chi connectivity index (χ0v) is 11.0. The molecule has 1 N–H and O–H groups in total. The fraction of sp³-hybridized carbons (Fsp3) is 0.231. The van der Waals surface area contributed by atoms with E-state index in [1.807, 2.05) is 0 Å². The Morgan fingerprint density at radius 2 is 1.82 bits per heavy atom. The van der Waals surface area contributed by atoms with Crippen molar-refractivity contribution in [2.45, 2.75) is 12.7 Å². The van der Waals surface area contributed by atoms with E-state index in [-0.39, 0.29) is 17.9 Å². The molecule has 0 unspecified atom stereocenters. The Morgan fingerprint density at radius 1 is 1.09 bits per heavy atom. The van der Waals surface area contributed by atoms with E-state index in [0.717, 1.165) is 0 Å². The second kappa shape index (κ2) is 6.54. The first-order valence-electron chi connectivity index (χ1n) is 6.04. The highest BCUT2D eigenvalue weighted by molar-refractivity contribution is 5.37. The lowest BCUT2D eigenvalue weighted by atomic mass is 10.2. The highest BCUT2D eigenvalue weighted by atomic mass is 19.4. The fourth-order valence-electron chi connectivity index (χ4n) is 1.51. The maximum absolute atomic E-state index is 13.5. The maximum atomic E-state index is 13.5. The van der Waals surface area contributed by atoms with Gasteiger partial charge in [-0.15, -0.1) is 0 Å². The summed E-state index contributed by atoms with van der Waals surface area (Å²) in [6.45, 7) is -1.69. The van der Waals surface area contributed by atoms with E-state index in [0.29, 0.717) is 6.20 Å². The summed E-state index contributed by atoms with van der Waals surface area (Å²) in [7, 11) is 0. The second-order valence-electron chi connectivity index (χ2n) is 4.20. The van der Waals surface area contributed by atoms with Crippen molar-refractivity contribution in [3.05, 3.63) is 47.7 Å². The minimum atomic E-state index is -4.56. The van der Waals surface area contributed by atoms with Crippen LogP contribution in [-0.2, 0) is 6.54 Å². The summed E-state index contributed by atoms with van der Waals surface area (Å²) in [5.74, 6) is -1.77. The fourth-order valence-corrected chi connectivity index (χ4v) is 1.51. The highest BCUT2D eigenvalue weighted by Crippen LogP contribution is 2.19. The third-order valence-electron chi connectivity index (χ3n) is 2.49. The van der Waals surface area contributed by atoms with Crippen LogP contribution in [0.5, 0.6) is 6.01 Å². The summed E-state index contributed by atoms with van der Waals surface area (Å²) in [6, 6.07) is 5.16. The third kappa shape index (κ3) is 4.54. The van der Waals surface area contributed by atoms with Crippen LogP contribution >= 0.6 is 0 Å². The van der Waals surface area contributed by atoms with E-state index in [1.54, 1.807) is 6.07 Å². The SMILES string of the molecule is Fc1ccccc1CNc1nc(OCC(F)(F)F)ncc1F. The highest BCUT2D eigenvalue weighted by Gasteiger charge is 2.29. The Hall–Kier alpha value is -2.45. The zero-order chi connectivity index (χ0) is 16.2. The Labute approximate surface area is 122 Å². The van der Waals surface area contributed by atoms with Gasteiger partial charge >= 0.3 is 12.2 Å². The molecule has 2 rings (SSSR count).